The molecule has 5 nitrogen and oxygen atoms in total. The number of anilines is 1. The zero-order valence-corrected chi connectivity index (χ0v) is 15.6. The highest BCUT2D eigenvalue weighted by Gasteiger charge is 2.31. The van der Waals surface area contributed by atoms with Crippen LogP contribution in [0.25, 0.3) is 0 Å². The van der Waals surface area contributed by atoms with Crippen LogP contribution in [0.2, 0.25) is 0 Å². The van der Waals surface area contributed by atoms with Gasteiger partial charge < -0.3 is 15.1 Å². The van der Waals surface area contributed by atoms with E-state index < -0.39 is 11.7 Å². The summed E-state index contributed by atoms with van der Waals surface area (Å²) < 4.78 is 37.9. The van der Waals surface area contributed by atoms with Crippen LogP contribution in [0, 0.1) is 5.92 Å². The Bertz CT molecular complexity index is 621. The Kier molecular flexibility index (Phi) is 6.24. The number of likely N-dealkylation sites (tertiary alicyclic amines) is 1. The second-order valence-electron chi connectivity index (χ2n) is 7.58. The zero-order chi connectivity index (χ0) is 19.4. The predicted molar refractivity (Wildman–Crippen MR) is 97.5 cm³/mol. The van der Waals surface area contributed by atoms with Crippen molar-refractivity contribution in [1.82, 2.24) is 15.2 Å². The van der Waals surface area contributed by atoms with Crippen LogP contribution in [0.15, 0.2) is 18.3 Å². The fraction of sp³-hybridized carbons (Fsp3) is 0.684. The molecule has 0 aromatic carbocycles. The molecule has 3 rings (SSSR count). The van der Waals surface area contributed by atoms with Crippen LogP contribution in [0.4, 0.5) is 19.0 Å². The van der Waals surface area contributed by atoms with Crippen molar-refractivity contribution < 1.29 is 18.0 Å². The molecule has 0 radical (unpaired) electrons. The number of hydrogen-bond donors (Lipinski definition) is 1. The van der Waals surface area contributed by atoms with Crippen LogP contribution in [0.1, 0.15) is 38.2 Å². The molecule has 0 bridgehead atoms. The third-order valence-corrected chi connectivity index (χ3v) is 5.38. The molecule has 0 unspecified atom stereocenters. The second kappa shape index (κ2) is 8.46. The summed E-state index contributed by atoms with van der Waals surface area (Å²) in [5.41, 5.74) is -0.743. The van der Waals surface area contributed by atoms with Crippen molar-refractivity contribution >= 4 is 11.7 Å². The Morgan fingerprint density at radius 1 is 1.22 bits per heavy atom. The van der Waals surface area contributed by atoms with Crippen molar-refractivity contribution in [3.8, 4) is 0 Å². The topological polar surface area (TPSA) is 48.5 Å². The number of piperidine rings is 1. The van der Waals surface area contributed by atoms with Gasteiger partial charge in [0, 0.05) is 37.8 Å². The fourth-order valence-electron chi connectivity index (χ4n) is 3.87. The van der Waals surface area contributed by atoms with Gasteiger partial charge in [-0.25, -0.2) is 4.98 Å². The molecule has 0 aliphatic carbocycles. The molecule has 1 aromatic heterocycles. The smallest absolute Gasteiger partial charge is 0.357 e. The molecule has 2 aliphatic heterocycles. The van der Waals surface area contributed by atoms with E-state index in [9.17, 15) is 18.0 Å². The van der Waals surface area contributed by atoms with Crippen molar-refractivity contribution in [2.45, 2.75) is 44.8 Å². The summed E-state index contributed by atoms with van der Waals surface area (Å²) in [5, 5.41) is 3.12. The van der Waals surface area contributed by atoms with Gasteiger partial charge in [-0.3, -0.25) is 4.79 Å². The number of nitrogens with zero attached hydrogens (tertiary/aromatic N) is 3. The van der Waals surface area contributed by atoms with Gasteiger partial charge in [0.05, 0.1) is 5.56 Å². The molecule has 1 atom stereocenters. The highest BCUT2D eigenvalue weighted by molar-refractivity contribution is 5.79. The van der Waals surface area contributed by atoms with E-state index in [1.54, 1.807) is 0 Å². The SMILES string of the molecule is C[C@H](CN1CCCC1)NC(=O)C1CCN(c2ccc(C(F)(F)F)cn2)CC1. The maximum Gasteiger partial charge on any atom is 0.417 e. The minimum absolute atomic E-state index is 0.0447. The average Bonchev–Trinajstić information content (AvgIpc) is 3.14. The van der Waals surface area contributed by atoms with E-state index in [0.29, 0.717) is 31.7 Å². The number of hydrogen-bond acceptors (Lipinski definition) is 4. The normalized spacial score (nSPS) is 20.7. The Balaban J connectivity index is 1.45. The number of rotatable bonds is 5. The third-order valence-electron chi connectivity index (χ3n) is 5.38. The van der Waals surface area contributed by atoms with Crippen LogP contribution in [0.5, 0.6) is 0 Å². The molecule has 1 amide bonds. The van der Waals surface area contributed by atoms with E-state index in [2.05, 4.69) is 15.2 Å². The van der Waals surface area contributed by atoms with Gasteiger partial charge in [0.1, 0.15) is 5.82 Å². The van der Waals surface area contributed by atoms with Gasteiger partial charge in [-0.1, -0.05) is 0 Å². The van der Waals surface area contributed by atoms with E-state index in [1.165, 1.54) is 18.9 Å². The summed E-state index contributed by atoms with van der Waals surface area (Å²) in [6.45, 7) is 6.39. The van der Waals surface area contributed by atoms with Crippen molar-refractivity contribution in [2.75, 3.05) is 37.6 Å². The molecule has 8 heteroatoms. The highest BCUT2D eigenvalue weighted by Crippen LogP contribution is 2.30. The number of nitrogens with one attached hydrogen (secondary N) is 1. The van der Waals surface area contributed by atoms with Gasteiger partial charge >= 0.3 is 6.18 Å². The van der Waals surface area contributed by atoms with E-state index in [4.69, 9.17) is 0 Å². The number of aromatic nitrogens is 1. The quantitative estimate of drug-likeness (QED) is 0.848. The number of halogens is 3. The largest absolute Gasteiger partial charge is 0.417 e. The molecule has 27 heavy (non-hydrogen) atoms. The second-order valence-corrected chi connectivity index (χ2v) is 7.58. The number of amides is 1. The number of pyridine rings is 1. The van der Waals surface area contributed by atoms with Gasteiger partial charge in [-0.2, -0.15) is 13.2 Å². The first kappa shape index (κ1) is 19.9. The first-order chi connectivity index (χ1) is 12.8. The monoisotopic (exact) mass is 384 g/mol. The maximum absolute atomic E-state index is 12.6. The summed E-state index contributed by atoms with van der Waals surface area (Å²) in [6.07, 6.45) is 0.334. The van der Waals surface area contributed by atoms with Gasteiger partial charge in [-0.05, 0) is 57.8 Å². The van der Waals surface area contributed by atoms with Gasteiger partial charge in [-0.15, -0.1) is 0 Å². The number of alkyl halides is 3. The Morgan fingerprint density at radius 3 is 2.44 bits per heavy atom. The van der Waals surface area contributed by atoms with Crippen LogP contribution >= 0.6 is 0 Å². The molecule has 2 saturated heterocycles. The average molecular weight is 384 g/mol. The molecule has 2 aliphatic rings. The van der Waals surface area contributed by atoms with Gasteiger partial charge in [0.15, 0.2) is 0 Å². The lowest BCUT2D eigenvalue weighted by atomic mass is 9.95. The molecule has 150 valence electrons. The molecule has 0 saturated carbocycles. The van der Waals surface area contributed by atoms with E-state index in [0.717, 1.165) is 31.9 Å². The van der Waals surface area contributed by atoms with Gasteiger partial charge in [0.2, 0.25) is 5.91 Å². The molecule has 0 spiro atoms. The third kappa shape index (κ3) is 5.34. The van der Waals surface area contributed by atoms with Crippen molar-refractivity contribution in [3.05, 3.63) is 23.9 Å². The standard InChI is InChI=1S/C19H27F3N4O/c1-14(13-25-8-2-3-9-25)24-18(27)15-6-10-26(11-7-15)17-5-4-16(12-23-17)19(20,21)22/h4-5,12,14-15H,2-3,6-11,13H2,1H3,(H,24,27)/t14-/m1/s1. The minimum Gasteiger partial charge on any atom is -0.357 e. The summed E-state index contributed by atoms with van der Waals surface area (Å²) in [7, 11) is 0. The van der Waals surface area contributed by atoms with Crippen LogP contribution < -0.4 is 10.2 Å². The van der Waals surface area contributed by atoms with Crippen LogP contribution in [0.3, 0.4) is 0 Å². The summed E-state index contributed by atoms with van der Waals surface area (Å²) in [6, 6.07) is 2.59. The summed E-state index contributed by atoms with van der Waals surface area (Å²) in [5.74, 6) is 0.572. The summed E-state index contributed by atoms with van der Waals surface area (Å²) >= 11 is 0. The van der Waals surface area contributed by atoms with Crippen LogP contribution in [-0.4, -0.2) is 54.6 Å². The van der Waals surface area contributed by atoms with Crippen molar-refractivity contribution in [2.24, 2.45) is 5.92 Å². The first-order valence-electron chi connectivity index (χ1n) is 9.64. The van der Waals surface area contributed by atoms with E-state index >= 15 is 0 Å². The lowest BCUT2D eigenvalue weighted by molar-refractivity contribution is -0.137. The molecule has 1 N–H and O–H groups in total. The van der Waals surface area contributed by atoms with Crippen molar-refractivity contribution in [1.29, 1.82) is 0 Å². The summed E-state index contributed by atoms with van der Waals surface area (Å²) in [4.78, 5) is 20.8. The fourth-order valence-corrected chi connectivity index (χ4v) is 3.87. The molecular weight excluding hydrogens is 357 g/mol. The zero-order valence-electron chi connectivity index (χ0n) is 15.6. The predicted octanol–water partition coefficient (Wildman–Crippen LogP) is 2.92. The van der Waals surface area contributed by atoms with Gasteiger partial charge in [0.25, 0.3) is 0 Å². The van der Waals surface area contributed by atoms with E-state index in [-0.39, 0.29) is 17.9 Å². The maximum atomic E-state index is 12.6. The number of carbonyl (C=O) groups excluding carboxylic acids is 1. The first-order valence-corrected chi connectivity index (χ1v) is 9.64. The Hall–Kier alpha value is -1.83. The van der Waals surface area contributed by atoms with E-state index in [1.807, 2.05) is 11.8 Å². The molecular formula is C19H27F3N4O. The van der Waals surface area contributed by atoms with Crippen LogP contribution in [-0.2, 0) is 11.0 Å². The lowest BCUT2D eigenvalue weighted by Crippen LogP contribution is -2.46. The highest BCUT2D eigenvalue weighted by atomic mass is 19.4. The Morgan fingerprint density at radius 2 is 1.89 bits per heavy atom. The molecule has 1 aromatic rings. The lowest BCUT2D eigenvalue weighted by Gasteiger charge is -2.33. The molecule has 3 heterocycles. The van der Waals surface area contributed by atoms with Crippen molar-refractivity contribution in [3.63, 3.8) is 0 Å². The minimum atomic E-state index is -4.37. The Labute approximate surface area is 157 Å². The molecule has 2 fully saturated rings. The number of carbonyl (C=O) groups is 1.